The van der Waals surface area contributed by atoms with Gasteiger partial charge in [-0.05, 0) is 13.8 Å². The molecular formula is C7H13N3O. The Bertz CT molecular complexity index is 171. The minimum absolute atomic E-state index is 0.121. The molecule has 0 spiro atoms. The van der Waals surface area contributed by atoms with Crippen LogP contribution < -0.4 is 5.32 Å². The number of nitrogens with one attached hydrogen (secondary N) is 1. The second-order valence-corrected chi connectivity index (χ2v) is 2.68. The van der Waals surface area contributed by atoms with Crippen LogP contribution in [0, 0.1) is 11.5 Å². The summed E-state index contributed by atoms with van der Waals surface area (Å²) in [7, 11) is 1.57. The summed E-state index contributed by atoms with van der Waals surface area (Å²) in [4.78, 5) is 12.2. The van der Waals surface area contributed by atoms with Gasteiger partial charge >= 0.3 is 0 Å². The van der Waals surface area contributed by atoms with Crippen molar-refractivity contribution in [2.24, 2.45) is 0 Å². The van der Waals surface area contributed by atoms with Gasteiger partial charge < -0.3 is 10.2 Å². The number of nitriles is 1. The van der Waals surface area contributed by atoms with Crippen molar-refractivity contribution in [3.05, 3.63) is 0 Å². The van der Waals surface area contributed by atoms with Crippen LogP contribution in [-0.2, 0) is 4.79 Å². The molecule has 4 heteroatoms. The molecule has 0 aliphatic heterocycles. The third kappa shape index (κ3) is 5.22. The van der Waals surface area contributed by atoms with E-state index in [0.29, 0.717) is 0 Å². The fourth-order valence-electron chi connectivity index (χ4n) is 0.618. The van der Waals surface area contributed by atoms with Crippen LogP contribution in [0.4, 0.5) is 0 Å². The zero-order valence-corrected chi connectivity index (χ0v) is 7.09. The van der Waals surface area contributed by atoms with Gasteiger partial charge in [-0.1, -0.05) is 0 Å². The number of rotatable bonds is 3. The summed E-state index contributed by atoms with van der Waals surface area (Å²) in [5.74, 6) is -0.121. The van der Waals surface area contributed by atoms with Crippen molar-refractivity contribution >= 4 is 5.91 Å². The Labute approximate surface area is 66.8 Å². The highest BCUT2D eigenvalue weighted by Crippen LogP contribution is 1.80. The van der Waals surface area contributed by atoms with Crippen LogP contribution in [0.3, 0.4) is 0 Å². The molecule has 0 aromatic heterocycles. The van der Waals surface area contributed by atoms with E-state index in [4.69, 9.17) is 5.26 Å². The van der Waals surface area contributed by atoms with Gasteiger partial charge in [-0.3, -0.25) is 4.79 Å². The molecule has 0 bridgehead atoms. The quantitative estimate of drug-likeness (QED) is 0.458. The van der Waals surface area contributed by atoms with E-state index in [1.807, 2.05) is 20.0 Å². The Morgan fingerprint density at radius 2 is 2.27 bits per heavy atom. The summed E-state index contributed by atoms with van der Waals surface area (Å²) in [5.41, 5.74) is 0. The van der Waals surface area contributed by atoms with Gasteiger partial charge in [0.1, 0.15) is 6.54 Å². The number of likely N-dealkylation sites (N-methyl/N-ethyl adjacent to an activating group) is 1. The molecule has 0 unspecified atom stereocenters. The minimum Gasteiger partial charge on any atom is -0.352 e. The highest BCUT2D eigenvalue weighted by Gasteiger charge is 2.04. The Balaban J connectivity index is 3.63. The zero-order chi connectivity index (χ0) is 8.85. The largest absolute Gasteiger partial charge is 0.352 e. The second kappa shape index (κ2) is 4.56. The van der Waals surface area contributed by atoms with Crippen molar-refractivity contribution in [3.8, 4) is 6.19 Å². The SMILES string of the molecule is CC(C)NC(=O)CN(C)C#N. The topological polar surface area (TPSA) is 56.1 Å². The molecule has 11 heavy (non-hydrogen) atoms. The summed E-state index contributed by atoms with van der Waals surface area (Å²) >= 11 is 0. The molecular weight excluding hydrogens is 142 g/mol. The average Bonchev–Trinajstić information content (AvgIpc) is 1.85. The van der Waals surface area contributed by atoms with E-state index in [9.17, 15) is 4.79 Å². The highest BCUT2D eigenvalue weighted by atomic mass is 16.2. The maximum atomic E-state index is 10.9. The van der Waals surface area contributed by atoms with Crippen LogP contribution in [0.5, 0.6) is 0 Å². The lowest BCUT2D eigenvalue weighted by Gasteiger charge is -2.11. The van der Waals surface area contributed by atoms with E-state index >= 15 is 0 Å². The van der Waals surface area contributed by atoms with Crippen molar-refractivity contribution in [1.29, 1.82) is 5.26 Å². The molecule has 0 fully saturated rings. The van der Waals surface area contributed by atoms with Crippen LogP contribution in [0.25, 0.3) is 0 Å². The van der Waals surface area contributed by atoms with E-state index in [1.165, 1.54) is 4.90 Å². The fourth-order valence-corrected chi connectivity index (χ4v) is 0.618. The Morgan fingerprint density at radius 3 is 2.64 bits per heavy atom. The molecule has 0 saturated carbocycles. The highest BCUT2D eigenvalue weighted by molar-refractivity contribution is 5.78. The van der Waals surface area contributed by atoms with Crippen molar-refractivity contribution in [2.75, 3.05) is 13.6 Å². The van der Waals surface area contributed by atoms with Crippen LogP contribution in [-0.4, -0.2) is 30.4 Å². The summed E-state index contributed by atoms with van der Waals surface area (Å²) in [6.45, 7) is 3.89. The molecule has 0 aliphatic carbocycles. The number of amides is 1. The van der Waals surface area contributed by atoms with Gasteiger partial charge in [0.15, 0.2) is 6.19 Å². The van der Waals surface area contributed by atoms with Gasteiger partial charge in [0.25, 0.3) is 0 Å². The van der Waals surface area contributed by atoms with E-state index in [1.54, 1.807) is 7.05 Å². The Hall–Kier alpha value is -1.24. The first kappa shape index (κ1) is 9.76. The van der Waals surface area contributed by atoms with E-state index < -0.39 is 0 Å². The minimum atomic E-state index is -0.121. The molecule has 1 N–H and O–H groups in total. The van der Waals surface area contributed by atoms with Crippen molar-refractivity contribution < 1.29 is 4.79 Å². The van der Waals surface area contributed by atoms with Gasteiger partial charge in [-0.2, -0.15) is 5.26 Å². The van der Waals surface area contributed by atoms with Crippen LogP contribution in [0.2, 0.25) is 0 Å². The monoisotopic (exact) mass is 155 g/mol. The number of nitrogens with zero attached hydrogens (tertiary/aromatic N) is 2. The maximum Gasteiger partial charge on any atom is 0.240 e. The van der Waals surface area contributed by atoms with Crippen LogP contribution in [0.15, 0.2) is 0 Å². The number of hydrogen-bond donors (Lipinski definition) is 1. The molecule has 0 aliphatic rings. The van der Waals surface area contributed by atoms with E-state index in [-0.39, 0.29) is 18.5 Å². The van der Waals surface area contributed by atoms with Crippen LogP contribution in [0.1, 0.15) is 13.8 Å². The molecule has 0 aromatic rings. The summed E-state index contributed by atoms with van der Waals surface area (Å²) < 4.78 is 0. The Morgan fingerprint density at radius 1 is 1.73 bits per heavy atom. The standard InChI is InChI=1S/C7H13N3O/c1-6(2)9-7(11)4-10(3)5-8/h6H,4H2,1-3H3,(H,9,11). The third-order valence-corrected chi connectivity index (χ3v) is 1.00. The van der Waals surface area contributed by atoms with Gasteiger partial charge in [-0.25, -0.2) is 0 Å². The molecule has 0 radical (unpaired) electrons. The fraction of sp³-hybridized carbons (Fsp3) is 0.714. The first-order chi connectivity index (χ1) is 5.06. The Kier molecular flexibility index (Phi) is 4.04. The van der Waals surface area contributed by atoms with E-state index in [0.717, 1.165) is 0 Å². The molecule has 0 aromatic carbocycles. The van der Waals surface area contributed by atoms with Crippen LogP contribution >= 0.6 is 0 Å². The van der Waals surface area contributed by atoms with Gasteiger partial charge in [0.2, 0.25) is 5.91 Å². The average molecular weight is 155 g/mol. The molecule has 0 heterocycles. The number of hydrogen-bond acceptors (Lipinski definition) is 3. The number of carbonyl (C=O) groups is 1. The second-order valence-electron chi connectivity index (χ2n) is 2.68. The lowest BCUT2D eigenvalue weighted by molar-refractivity contribution is -0.121. The molecule has 0 rings (SSSR count). The zero-order valence-electron chi connectivity index (χ0n) is 7.09. The third-order valence-electron chi connectivity index (χ3n) is 1.00. The van der Waals surface area contributed by atoms with Crippen molar-refractivity contribution in [3.63, 3.8) is 0 Å². The van der Waals surface area contributed by atoms with E-state index in [2.05, 4.69) is 5.32 Å². The molecule has 62 valence electrons. The first-order valence-electron chi connectivity index (χ1n) is 3.46. The lowest BCUT2D eigenvalue weighted by Crippen LogP contribution is -2.37. The normalized spacial score (nSPS) is 9.00. The van der Waals surface area contributed by atoms with Crippen molar-refractivity contribution in [2.45, 2.75) is 19.9 Å². The number of carbonyl (C=O) groups excluding carboxylic acids is 1. The molecule has 0 saturated heterocycles. The van der Waals surface area contributed by atoms with Gasteiger partial charge in [0, 0.05) is 13.1 Å². The summed E-state index contributed by atoms with van der Waals surface area (Å²) in [6, 6.07) is 0.134. The maximum absolute atomic E-state index is 10.9. The van der Waals surface area contributed by atoms with Gasteiger partial charge in [0.05, 0.1) is 0 Å². The van der Waals surface area contributed by atoms with Crippen molar-refractivity contribution in [1.82, 2.24) is 10.2 Å². The van der Waals surface area contributed by atoms with Gasteiger partial charge in [-0.15, -0.1) is 0 Å². The molecule has 4 nitrogen and oxygen atoms in total. The lowest BCUT2D eigenvalue weighted by atomic mass is 10.4. The molecule has 1 amide bonds. The molecule has 0 atom stereocenters. The summed E-state index contributed by atoms with van der Waals surface area (Å²) in [5, 5.41) is 11.0. The predicted molar refractivity (Wildman–Crippen MR) is 41.5 cm³/mol. The first-order valence-corrected chi connectivity index (χ1v) is 3.46. The smallest absolute Gasteiger partial charge is 0.240 e. The predicted octanol–water partition coefficient (Wildman–Crippen LogP) is -0.0761. The summed E-state index contributed by atoms with van der Waals surface area (Å²) in [6.07, 6.45) is 1.84.